The van der Waals surface area contributed by atoms with Crippen molar-refractivity contribution < 1.29 is 14.3 Å². The summed E-state index contributed by atoms with van der Waals surface area (Å²) >= 11 is 0. The maximum absolute atomic E-state index is 11.4. The Kier molecular flexibility index (Phi) is 3.06. The molecule has 0 bridgehead atoms. The SMILES string of the molecule is C=CC[C@H]1CCC(C(=O)OC)=[N+]1[O-]. The molecule has 0 spiro atoms. The van der Waals surface area contributed by atoms with Crippen molar-refractivity contribution in [3.8, 4) is 0 Å². The van der Waals surface area contributed by atoms with Gasteiger partial charge in [-0.05, 0) is 0 Å². The highest BCUT2D eigenvalue weighted by molar-refractivity contribution is 6.34. The maximum Gasteiger partial charge on any atom is 0.399 e. The zero-order valence-corrected chi connectivity index (χ0v) is 7.66. The predicted molar refractivity (Wildman–Crippen MR) is 48.5 cm³/mol. The van der Waals surface area contributed by atoms with Crippen LogP contribution in [0.2, 0.25) is 0 Å². The number of ether oxygens (including phenoxy) is 1. The molecule has 0 N–H and O–H groups in total. The van der Waals surface area contributed by atoms with Gasteiger partial charge in [0, 0.05) is 19.3 Å². The van der Waals surface area contributed by atoms with E-state index in [9.17, 15) is 10.0 Å². The molecule has 0 aliphatic carbocycles. The number of hydrogen-bond acceptors (Lipinski definition) is 3. The first-order valence-corrected chi connectivity index (χ1v) is 4.22. The fourth-order valence-electron chi connectivity index (χ4n) is 1.47. The first-order valence-electron chi connectivity index (χ1n) is 4.22. The molecular formula is C9H13NO3. The normalized spacial score (nSPS) is 21.8. The van der Waals surface area contributed by atoms with Gasteiger partial charge in [0.05, 0.1) is 7.11 Å². The molecule has 1 heterocycles. The molecule has 0 aromatic heterocycles. The molecule has 0 radical (unpaired) electrons. The number of rotatable bonds is 3. The van der Waals surface area contributed by atoms with E-state index < -0.39 is 5.97 Å². The lowest BCUT2D eigenvalue weighted by atomic mass is 10.1. The molecule has 0 fully saturated rings. The van der Waals surface area contributed by atoms with Gasteiger partial charge < -0.3 is 9.94 Å². The minimum absolute atomic E-state index is 0.133. The fourth-order valence-corrected chi connectivity index (χ4v) is 1.47. The molecule has 1 atom stereocenters. The molecule has 0 amide bonds. The van der Waals surface area contributed by atoms with Crippen LogP contribution in [-0.4, -0.2) is 29.6 Å². The quantitative estimate of drug-likeness (QED) is 0.282. The second-order valence-corrected chi connectivity index (χ2v) is 2.98. The van der Waals surface area contributed by atoms with Gasteiger partial charge >= 0.3 is 5.97 Å². The highest BCUT2D eigenvalue weighted by Gasteiger charge is 2.33. The second-order valence-electron chi connectivity index (χ2n) is 2.98. The first kappa shape index (κ1) is 9.77. The Labute approximate surface area is 77.1 Å². The van der Waals surface area contributed by atoms with Crippen molar-refractivity contribution in [3.63, 3.8) is 0 Å². The summed E-state index contributed by atoms with van der Waals surface area (Å²) in [5, 5.41) is 11.4. The topological polar surface area (TPSA) is 52.4 Å². The van der Waals surface area contributed by atoms with E-state index in [4.69, 9.17) is 0 Å². The van der Waals surface area contributed by atoms with E-state index >= 15 is 0 Å². The minimum atomic E-state index is -0.512. The number of nitrogens with zero attached hydrogens (tertiary/aromatic N) is 1. The Morgan fingerprint density at radius 2 is 2.62 bits per heavy atom. The monoisotopic (exact) mass is 183 g/mol. The highest BCUT2D eigenvalue weighted by atomic mass is 16.5. The maximum atomic E-state index is 11.4. The Bertz CT molecular complexity index is 258. The van der Waals surface area contributed by atoms with Crippen molar-refractivity contribution in [1.29, 1.82) is 0 Å². The van der Waals surface area contributed by atoms with Crippen LogP contribution >= 0.6 is 0 Å². The van der Waals surface area contributed by atoms with Gasteiger partial charge in [-0.25, -0.2) is 4.79 Å². The molecule has 0 unspecified atom stereocenters. The predicted octanol–water partition coefficient (Wildman–Crippen LogP) is 0.849. The lowest BCUT2D eigenvalue weighted by molar-refractivity contribution is -0.490. The van der Waals surface area contributed by atoms with Crippen LogP contribution in [0.15, 0.2) is 12.7 Å². The van der Waals surface area contributed by atoms with Gasteiger partial charge in [0.25, 0.3) is 5.71 Å². The van der Waals surface area contributed by atoms with Crippen LogP contribution in [0.5, 0.6) is 0 Å². The molecule has 13 heavy (non-hydrogen) atoms. The fraction of sp³-hybridized carbons (Fsp3) is 0.556. The lowest BCUT2D eigenvalue weighted by Gasteiger charge is -2.08. The van der Waals surface area contributed by atoms with Gasteiger partial charge in [0.15, 0.2) is 6.04 Å². The Morgan fingerprint density at radius 1 is 1.92 bits per heavy atom. The van der Waals surface area contributed by atoms with Crippen LogP contribution < -0.4 is 0 Å². The van der Waals surface area contributed by atoms with E-state index in [1.54, 1.807) is 6.08 Å². The van der Waals surface area contributed by atoms with E-state index in [-0.39, 0.29) is 11.8 Å². The summed E-state index contributed by atoms with van der Waals surface area (Å²) in [4.78, 5) is 11.0. The first-order chi connectivity index (χ1) is 6.20. The van der Waals surface area contributed by atoms with E-state index in [2.05, 4.69) is 11.3 Å². The molecular weight excluding hydrogens is 170 g/mol. The number of carbonyl (C=O) groups excluding carboxylic acids is 1. The highest BCUT2D eigenvalue weighted by Crippen LogP contribution is 2.16. The molecule has 72 valence electrons. The van der Waals surface area contributed by atoms with Crippen molar-refractivity contribution >= 4 is 11.7 Å². The average Bonchev–Trinajstić information content (AvgIpc) is 2.48. The largest absolute Gasteiger partial charge is 0.623 e. The van der Waals surface area contributed by atoms with E-state index in [0.29, 0.717) is 19.3 Å². The van der Waals surface area contributed by atoms with Crippen LogP contribution in [-0.2, 0) is 9.53 Å². The molecule has 0 saturated heterocycles. The van der Waals surface area contributed by atoms with Gasteiger partial charge in [-0.3, -0.25) is 0 Å². The van der Waals surface area contributed by atoms with Gasteiger partial charge in [-0.2, -0.15) is 4.74 Å². The molecule has 1 aliphatic rings. The summed E-state index contributed by atoms with van der Waals surface area (Å²) in [7, 11) is 1.28. The Morgan fingerprint density at radius 3 is 3.15 bits per heavy atom. The zero-order valence-electron chi connectivity index (χ0n) is 7.66. The standard InChI is InChI=1S/C9H13NO3/c1-3-4-7-5-6-8(10(7)12)9(11)13-2/h3,7H,1,4-6H2,2H3/t7-/m0/s1. The Balaban J connectivity index is 2.75. The second kappa shape index (κ2) is 4.07. The van der Waals surface area contributed by atoms with Gasteiger partial charge in [0.2, 0.25) is 0 Å². The number of esters is 1. The molecule has 4 nitrogen and oxygen atoms in total. The van der Waals surface area contributed by atoms with Crippen molar-refractivity contribution in [1.82, 2.24) is 0 Å². The van der Waals surface area contributed by atoms with E-state index in [1.807, 2.05) is 0 Å². The summed E-state index contributed by atoms with van der Waals surface area (Å²) in [5.41, 5.74) is 0.231. The third kappa shape index (κ3) is 1.88. The van der Waals surface area contributed by atoms with Crippen molar-refractivity contribution in [2.24, 2.45) is 0 Å². The van der Waals surface area contributed by atoms with Crippen molar-refractivity contribution in [2.45, 2.75) is 25.3 Å². The molecule has 0 aromatic carbocycles. The summed E-state index contributed by atoms with van der Waals surface area (Å²) < 4.78 is 5.24. The third-order valence-electron chi connectivity index (χ3n) is 2.17. The zero-order chi connectivity index (χ0) is 9.84. The summed E-state index contributed by atoms with van der Waals surface area (Å²) in [6.45, 7) is 3.56. The van der Waals surface area contributed by atoms with E-state index in [0.717, 1.165) is 4.74 Å². The molecule has 1 aliphatic heterocycles. The van der Waals surface area contributed by atoms with Crippen molar-refractivity contribution in [2.75, 3.05) is 7.11 Å². The molecule has 1 rings (SSSR count). The molecule has 4 heteroatoms. The number of hydrogen-bond donors (Lipinski definition) is 0. The summed E-state index contributed by atoms with van der Waals surface area (Å²) in [5.74, 6) is -0.512. The van der Waals surface area contributed by atoms with Gasteiger partial charge in [-0.15, -0.1) is 6.58 Å². The van der Waals surface area contributed by atoms with Gasteiger partial charge in [0.1, 0.15) is 0 Å². The smallest absolute Gasteiger partial charge is 0.399 e. The number of methoxy groups -OCH3 is 1. The van der Waals surface area contributed by atoms with E-state index in [1.165, 1.54) is 7.11 Å². The van der Waals surface area contributed by atoms with Crippen LogP contribution in [0.25, 0.3) is 0 Å². The van der Waals surface area contributed by atoms with Crippen LogP contribution in [0, 0.1) is 5.21 Å². The summed E-state index contributed by atoms with van der Waals surface area (Å²) in [6, 6.07) is -0.133. The van der Waals surface area contributed by atoms with Crippen LogP contribution in [0.1, 0.15) is 19.3 Å². The summed E-state index contributed by atoms with van der Waals surface area (Å²) in [6.07, 6.45) is 3.52. The number of hydroxylamine groups is 1. The van der Waals surface area contributed by atoms with Gasteiger partial charge in [-0.1, -0.05) is 6.08 Å². The number of carbonyl (C=O) groups is 1. The minimum Gasteiger partial charge on any atom is -0.623 e. The third-order valence-corrected chi connectivity index (χ3v) is 2.17. The molecule has 0 aromatic rings. The van der Waals surface area contributed by atoms with Crippen LogP contribution in [0.4, 0.5) is 0 Å². The Hall–Kier alpha value is -1.32. The van der Waals surface area contributed by atoms with Crippen molar-refractivity contribution in [3.05, 3.63) is 17.9 Å². The lowest BCUT2D eigenvalue weighted by Crippen LogP contribution is -2.24. The molecule has 0 saturated carbocycles. The van der Waals surface area contributed by atoms with Crippen LogP contribution in [0.3, 0.4) is 0 Å². The average molecular weight is 183 g/mol.